The molecule has 4 atom stereocenters. The third kappa shape index (κ3) is 1.31. The number of hydrogen-bond acceptors (Lipinski definition) is 6. The van der Waals surface area contributed by atoms with E-state index in [0.29, 0.717) is 0 Å². The quantitative estimate of drug-likeness (QED) is 0.310. The van der Waals surface area contributed by atoms with Gasteiger partial charge in [0, 0.05) is 0 Å². The van der Waals surface area contributed by atoms with Gasteiger partial charge in [-0.25, -0.2) is 4.79 Å². The number of rotatable bonds is 2. The molecule has 0 aromatic heterocycles. The van der Waals surface area contributed by atoms with Gasteiger partial charge < -0.3 is 24.9 Å². The van der Waals surface area contributed by atoms with Crippen molar-refractivity contribution < 1.29 is 29.6 Å². The number of ether oxygens (including phenoxy) is 1. The molecule has 1 fully saturated rings. The molecule has 1 aliphatic rings. The van der Waals surface area contributed by atoms with E-state index in [0.717, 1.165) is 0 Å². The highest BCUT2D eigenvalue weighted by atomic mass is 16.6. The first kappa shape index (κ1) is 9.11. The molecule has 1 aliphatic heterocycles. The number of carbonyl (C=O) groups is 2. The Bertz CT molecular complexity index is 202. The number of aliphatic hydroxyl groups is 3. The molecular weight excluding hydrogens is 168 g/mol. The maximum Gasteiger partial charge on any atom is 0.338 e. The monoisotopic (exact) mass is 176 g/mol. The second kappa shape index (κ2) is 3.18. The van der Waals surface area contributed by atoms with Crippen molar-refractivity contribution in [3.63, 3.8) is 0 Å². The Hall–Kier alpha value is -0.980. The summed E-state index contributed by atoms with van der Waals surface area (Å²) >= 11 is 0. The molecule has 0 amide bonds. The summed E-state index contributed by atoms with van der Waals surface area (Å²) in [5, 5.41) is 26.7. The Kier molecular flexibility index (Phi) is 2.41. The van der Waals surface area contributed by atoms with E-state index in [-0.39, 0.29) is 6.29 Å². The molecular formula is C6H8O6. The second-order valence-electron chi connectivity index (χ2n) is 2.46. The van der Waals surface area contributed by atoms with Gasteiger partial charge in [-0.3, -0.25) is 0 Å². The summed E-state index contributed by atoms with van der Waals surface area (Å²) < 4.78 is 4.32. The van der Waals surface area contributed by atoms with Gasteiger partial charge in [-0.2, -0.15) is 0 Å². The van der Waals surface area contributed by atoms with Crippen molar-refractivity contribution >= 4 is 12.3 Å². The van der Waals surface area contributed by atoms with E-state index in [1.165, 1.54) is 0 Å². The molecule has 1 rings (SSSR count). The second-order valence-corrected chi connectivity index (χ2v) is 2.46. The van der Waals surface area contributed by atoms with Crippen LogP contribution in [0.15, 0.2) is 0 Å². The van der Waals surface area contributed by atoms with Crippen molar-refractivity contribution in [1.82, 2.24) is 0 Å². The van der Waals surface area contributed by atoms with Gasteiger partial charge in [0.05, 0.1) is 0 Å². The van der Waals surface area contributed by atoms with Crippen molar-refractivity contribution in [2.45, 2.75) is 24.4 Å². The summed E-state index contributed by atoms with van der Waals surface area (Å²) in [7, 11) is 0. The van der Waals surface area contributed by atoms with Crippen LogP contribution in [0.3, 0.4) is 0 Å². The number of carbonyl (C=O) groups excluding carboxylic acids is 2. The summed E-state index contributed by atoms with van der Waals surface area (Å²) in [6.45, 7) is 0. The van der Waals surface area contributed by atoms with E-state index in [1.54, 1.807) is 0 Å². The highest BCUT2D eigenvalue weighted by molar-refractivity contribution is 5.78. The van der Waals surface area contributed by atoms with E-state index in [4.69, 9.17) is 15.3 Å². The standard InChI is InChI=1S/C6H8O6/c7-1-2(8)5-3(9)4(10)6(11)12-5/h1-5,8-10H/t2-,3+,4-,5-/m1/s1. The lowest BCUT2D eigenvalue weighted by molar-refractivity contribution is -0.151. The molecule has 0 unspecified atom stereocenters. The molecule has 0 radical (unpaired) electrons. The summed E-state index contributed by atoms with van der Waals surface area (Å²) in [6.07, 6.45) is -6.05. The van der Waals surface area contributed by atoms with Crippen LogP contribution in [0.2, 0.25) is 0 Å². The average molecular weight is 176 g/mol. The lowest BCUT2D eigenvalue weighted by Crippen LogP contribution is -2.39. The van der Waals surface area contributed by atoms with E-state index in [1.807, 2.05) is 0 Å². The lowest BCUT2D eigenvalue weighted by Gasteiger charge is -2.14. The Balaban J connectivity index is 2.70. The minimum Gasteiger partial charge on any atom is -0.454 e. The van der Waals surface area contributed by atoms with Gasteiger partial charge >= 0.3 is 5.97 Å². The molecule has 68 valence electrons. The molecule has 1 saturated heterocycles. The summed E-state index contributed by atoms with van der Waals surface area (Å²) in [5.74, 6) is -1.03. The Labute approximate surface area is 67.4 Å². The van der Waals surface area contributed by atoms with Crippen LogP contribution >= 0.6 is 0 Å². The van der Waals surface area contributed by atoms with Crippen molar-refractivity contribution in [1.29, 1.82) is 0 Å². The number of aldehydes is 1. The number of aliphatic hydroxyl groups excluding tert-OH is 3. The van der Waals surface area contributed by atoms with E-state index in [9.17, 15) is 9.59 Å². The van der Waals surface area contributed by atoms with Crippen LogP contribution in [0.4, 0.5) is 0 Å². The minimum absolute atomic E-state index is 0.124. The predicted octanol–water partition coefficient (Wildman–Crippen LogP) is -2.81. The van der Waals surface area contributed by atoms with Gasteiger partial charge in [-0.15, -0.1) is 0 Å². The largest absolute Gasteiger partial charge is 0.454 e. The van der Waals surface area contributed by atoms with Gasteiger partial charge in [0.1, 0.15) is 12.2 Å². The summed E-state index contributed by atoms with van der Waals surface area (Å²) in [6, 6.07) is 0. The lowest BCUT2D eigenvalue weighted by atomic mass is 10.1. The van der Waals surface area contributed by atoms with E-state index >= 15 is 0 Å². The average Bonchev–Trinajstić information content (AvgIpc) is 2.32. The van der Waals surface area contributed by atoms with Crippen LogP contribution in [0, 0.1) is 0 Å². The Morgan fingerprint density at radius 1 is 1.50 bits per heavy atom. The van der Waals surface area contributed by atoms with Gasteiger partial charge in [0.25, 0.3) is 0 Å². The Morgan fingerprint density at radius 3 is 2.42 bits per heavy atom. The molecule has 12 heavy (non-hydrogen) atoms. The fourth-order valence-corrected chi connectivity index (χ4v) is 0.942. The molecule has 6 nitrogen and oxygen atoms in total. The van der Waals surface area contributed by atoms with Crippen LogP contribution in [-0.2, 0) is 14.3 Å². The zero-order valence-corrected chi connectivity index (χ0v) is 5.95. The molecule has 1 heterocycles. The van der Waals surface area contributed by atoms with Crippen LogP contribution in [0.1, 0.15) is 0 Å². The third-order valence-electron chi connectivity index (χ3n) is 1.63. The van der Waals surface area contributed by atoms with E-state index in [2.05, 4.69) is 4.74 Å². The minimum atomic E-state index is -1.68. The predicted molar refractivity (Wildman–Crippen MR) is 34.0 cm³/mol. The van der Waals surface area contributed by atoms with Gasteiger partial charge in [-0.1, -0.05) is 0 Å². The maximum absolute atomic E-state index is 10.6. The van der Waals surface area contributed by atoms with E-state index < -0.39 is 30.4 Å². The molecule has 3 N–H and O–H groups in total. The van der Waals surface area contributed by atoms with Crippen molar-refractivity contribution in [3.05, 3.63) is 0 Å². The molecule has 0 bridgehead atoms. The zero-order valence-electron chi connectivity index (χ0n) is 5.95. The number of cyclic esters (lactones) is 1. The molecule has 6 heteroatoms. The van der Waals surface area contributed by atoms with Crippen molar-refractivity contribution in [3.8, 4) is 0 Å². The summed E-state index contributed by atoms with van der Waals surface area (Å²) in [5.41, 5.74) is 0. The Morgan fingerprint density at radius 2 is 2.08 bits per heavy atom. The molecule has 0 saturated carbocycles. The van der Waals surface area contributed by atoms with Crippen LogP contribution in [0.5, 0.6) is 0 Å². The summed E-state index contributed by atoms with van der Waals surface area (Å²) in [4.78, 5) is 20.6. The highest BCUT2D eigenvalue weighted by Crippen LogP contribution is 2.17. The smallest absolute Gasteiger partial charge is 0.338 e. The SMILES string of the molecule is O=C[C@@H](O)[C@H]1OC(=O)[C@H](O)[C@@H]1O. The van der Waals surface area contributed by atoms with Gasteiger partial charge in [0.2, 0.25) is 0 Å². The first-order chi connectivity index (χ1) is 5.57. The first-order valence-corrected chi connectivity index (χ1v) is 3.28. The van der Waals surface area contributed by atoms with Crippen LogP contribution < -0.4 is 0 Å². The fraction of sp³-hybridized carbons (Fsp3) is 0.667. The topological polar surface area (TPSA) is 104 Å². The van der Waals surface area contributed by atoms with Crippen molar-refractivity contribution in [2.24, 2.45) is 0 Å². The number of hydrogen-bond donors (Lipinski definition) is 3. The molecule has 0 aromatic carbocycles. The number of esters is 1. The first-order valence-electron chi connectivity index (χ1n) is 3.28. The third-order valence-corrected chi connectivity index (χ3v) is 1.63. The van der Waals surface area contributed by atoms with Crippen LogP contribution in [-0.4, -0.2) is 52.0 Å². The van der Waals surface area contributed by atoms with Gasteiger partial charge in [-0.05, 0) is 0 Å². The van der Waals surface area contributed by atoms with Gasteiger partial charge in [0.15, 0.2) is 18.5 Å². The maximum atomic E-state index is 10.6. The zero-order chi connectivity index (χ0) is 9.30. The molecule has 0 spiro atoms. The molecule has 0 aliphatic carbocycles. The van der Waals surface area contributed by atoms with Crippen LogP contribution in [0.25, 0.3) is 0 Å². The molecule has 0 aromatic rings. The highest BCUT2D eigenvalue weighted by Gasteiger charge is 2.46. The van der Waals surface area contributed by atoms with Crippen molar-refractivity contribution in [2.75, 3.05) is 0 Å². The normalized spacial score (nSPS) is 37.6. The fourth-order valence-electron chi connectivity index (χ4n) is 0.942.